The number of fused-ring (bicyclic) bond motifs is 1. The van der Waals surface area contributed by atoms with E-state index in [-0.39, 0.29) is 24.9 Å². The van der Waals surface area contributed by atoms with Crippen molar-refractivity contribution in [1.82, 2.24) is 25.1 Å². The topological polar surface area (TPSA) is 114 Å². The van der Waals surface area contributed by atoms with Crippen molar-refractivity contribution in [2.75, 3.05) is 26.7 Å². The number of hydrazine groups is 1. The summed E-state index contributed by atoms with van der Waals surface area (Å²) in [6.45, 7) is 2.91. The average Bonchev–Trinajstić information content (AvgIpc) is 2.78. The van der Waals surface area contributed by atoms with Crippen LogP contribution in [0.2, 0.25) is 0 Å². The standard InChI is InChI=1S/C23H33N5O5/c1-3-4-5-9-12-26-15-19-27(18(22(26)32)13-21(30)31)20(29)16-25(2)28(19)23(33)24-14-17-10-7-6-8-11-17/h6-8,10-11,18-19H,3-5,9,12-16H2,1-2H3,(H,24,33)(H,30,31)/t18-,19-/m0/s1. The minimum atomic E-state index is -1.16. The Labute approximate surface area is 194 Å². The molecule has 10 heteroatoms. The van der Waals surface area contributed by atoms with Crippen LogP contribution in [0.5, 0.6) is 0 Å². The predicted molar refractivity (Wildman–Crippen MR) is 121 cm³/mol. The number of piperazine rings is 1. The van der Waals surface area contributed by atoms with Crippen LogP contribution < -0.4 is 5.32 Å². The molecular weight excluding hydrogens is 426 g/mol. The van der Waals surface area contributed by atoms with Crippen LogP contribution in [-0.4, -0.2) is 87.6 Å². The fourth-order valence-corrected chi connectivity index (χ4v) is 4.46. The normalized spacial score (nSPS) is 21.2. The molecule has 0 spiro atoms. The Morgan fingerprint density at radius 1 is 1.12 bits per heavy atom. The number of unbranched alkanes of at least 4 members (excludes halogenated alkanes) is 3. The van der Waals surface area contributed by atoms with Crippen molar-refractivity contribution in [3.05, 3.63) is 35.9 Å². The number of urea groups is 1. The van der Waals surface area contributed by atoms with Gasteiger partial charge in [0.05, 0.1) is 19.5 Å². The van der Waals surface area contributed by atoms with Crippen molar-refractivity contribution < 1.29 is 24.3 Å². The minimum absolute atomic E-state index is 0.116. The van der Waals surface area contributed by atoms with Gasteiger partial charge < -0.3 is 20.2 Å². The molecule has 1 aromatic rings. The highest BCUT2D eigenvalue weighted by Gasteiger charge is 2.51. The van der Waals surface area contributed by atoms with Gasteiger partial charge in [0, 0.05) is 20.1 Å². The average molecular weight is 460 g/mol. The van der Waals surface area contributed by atoms with Crippen molar-refractivity contribution in [2.45, 2.75) is 57.8 Å². The van der Waals surface area contributed by atoms with Crippen molar-refractivity contribution >= 4 is 23.8 Å². The monoisotopic (exact) mass is 459 g/mol. The summed E-state index contributed by atoms with van der Waals surface area (Å²) < 4.78 is 0. The van der Waals surface area contributed by atoms with Crippen molar-refractivity contribution in [1.29, 1.82) is 0 Å². The second-order valence-electron chi connectivity index (χ2n) is 8.54. The van der Waals surface area contributed by atoms with Gasteiger partial charge in [0.25, 0.3) is 0 Å². The molecule has 10 nitrogen and oxygen atoms in total. The number of nitrogens with one attached hydrogen (secondary N) is 1. The molecule has 0 bridgehead atoms. The highest BCUT2D eigenvalue weighted by molar-refractivity contribution is 5.93. The number of nitrogens with zero attached hydrogens (tertiary/aromatic N) is 4. The van der Waals surface area contributed by atoms with Crippen LogP contribution in [0.25, 0.3) is 0 Å². The summed E-state index contributed by atoms with van der Waals surface area (Å²) in [6.07, 6.45) is 2.59. The molecule has 2 fully saturated rings. The quantitative estimate of drug-likeness (QED) is 0.541. The van der Waals surface area contributed by atoms with Gasteiger partial charge in [-0.1, -0.05) is 56.5 Å². The molecule has 2 saturated heterocycles. The lowest BCUT2D eigenvalue weighted by molar-refractivity contribution is -0.188. The maximum absolute atomic E-state index is 13.2. The zero-order valence-electron chi connectivity index (χ0n) is 19.3. The van der Waals surface area contributed by atoms with Gasteiger partial charge in [-0.25, -0.2) is 14.8 Å². The predicted octanol–water partition coefficient (Wildman–Crippen LogP) is 1.48. The third kappa shape index (κ3) is 5.81. The molecule has 0 aromatic heterocycles. The van der Waals surface area contributed by atoms with Gasteiger partial charge in [-0.3, -0.25) is 14.4 Å². The molecule has 3 rings (SSSR count). The molecule has 180 valence electrons. The van der Waals surface area contributed by atoms with Crippen LogP contribution in [0.3, 0.4) is 0 Å². The number of carbonyl (C=O) groups is 4. The summed E-state index contributed by atoms with van der Waals surface area (Å²) in [5.41, 5.74) is 0.929. The zero-order valence-corrected chi connectivity index (χ0v) is 19.3. The van der Waals surface area contributed by atoms with E-state index < -0.39 is 30.6 Å². The molecule has 1 aromatic carbocycles. The Balaban J connectivity index is 1.82. The Hall–Kier alpha value is -3.14. The number of hydrogen-bond acceptors (Lipinski definition) is 5. The Bertz CT molecular complexity index is 864. The van der Waals surface area contributed by atoms with Gasteiger partial charge >= 0.3 is 12.0 Å². The van der Waals surface area contributed by atoms with Gasteiger partial charge in [-0.15, -0.1) is 0 Å². The number of likely N-dealkylation sites (N-methyl/N-ethyl adjacent to an activating group) is 1. The zero-order chi connectivity index (χ0) is 24.0. The molecule has 2 heterocycles. The van der Waals surface area contributed by atoms with E-state index >= 15 is 0 Å². The van der Waals surface area contributed by atoms with Crippen LogP contribution in [0.15, 0.2) is 30.3 Å². The molecule has 33 heavy (non-hydrogen) atoms. The van der Waals surface area contributed by atoms with Gasteiger partial charge in [-0.05, 0) is 12.0 Å². The van der Waals surface area contributed by atoms with E-state index in [1.54, 1.807) is 11.9 Å². The van der Waals surface area contributed by atoms with Crippen LogP contribution in [0.4, 0.5) is 4.79 Å². The largest absolute Gasteiger partial charge is 0.481 e. The van der Waals surface area contributed by atoms with Crippen LogP contribution in [0.1, 0.15) is 44.6 Å². The number of hydrogen-bond donors (Lipinski definition) is 2. The lowest BCUT2D eigenvalue weighted by Gasteiger charge is -2.54. The smallest absolute Gasteiger partial charge is 0.334 e. The van der Waals surface area contributed by atoms with Crippen molar-refractivity contribution in [3.8, 4) is 0 Å². The van der Waals surface area contributed by atoms with Crippen LogP contribution in [0, 0.1) is 0 Å². The third-order valence-electron chi connectivity index (χ3n) is 6.08. The summed E-state index contributed by atoms with van der Waals surface area (Å²) in [5.74, 6) is -1.89. The molecule has 0 unspecified atom stereocenters. The number of carbonyl (C=O) groups excluding carboxylic acids is 3. The number of carboxylic acid groups (broad SMARTS) is 1. The number of rotatable bonds is 9. The first kappa shape index (κ1) is 24.5. The molecule has 2 aliphatic heterocycles. The Kier molecular flexibility index (Phi) is 8.26. The summed E-state index contributed by atoms with van der Waals surface area (Å²) in [5, 5.41) is 15.3. The molecule has 2 N–H and O–H groups in total. The molecular formula is C23H33N5O5. The number of carboxylic acids is 1. The fourth-order valence-electron chi connectivity index (χ4n) is 4.46. The van der Waals surface area contributed by atoms with Gasteiger partial charge in [0.15, 0.2) is 0 Å². The lowest BCUT2D eigenvalue weighted by atomic mass is 10.0. The summed E-state index contributed by atoms with van der Waals surface area (Å²) in [7, 11) is 1.64. The second-order valence-corrected chi connectivity index (χ2v) is 8.54. The summed E-state index contributed by atoms with van der Waals surface area (Å²) in [4.78, 5) is 53.6. The van der Waals surface area contributed by atoms with E-state index in [0.717, 1.165) is 31.2 Å². The van der Waals surface area contributed by atoms with Crippen molar-refractivity contribution in [2.24, 2.45) is 0 Å². The fraction of sp³-hybridized carbons (Fsp3) is 0.565. The first-order valence-electron chi connectivity index (χ1n) is 11.5. The van der Waals surface area contributed by atoms with Gasteiger partial charge in [-0.2, -0.15) is 0 Å². The summed E-state index contributed by atoms with van der Waals surface area (Å²) >= 11 is 0. The van der Waals surface area contributed by atoms with Gasteiger partial charge in [0.1, 0.15) is 12.2 Å². The highest BCUT2D eigenvalue weighted by atomic mass is 16.4. The first-order valence-corrected chi connectivity index (χ1v) is 11.5. The van der Waals surface area contributed by atoms with E-state index in [9.17, 15) is 24.3 Å². The lowest BCUT2D eigenvalue weighted by Crippen LogP contribution is -2.76. The maximum Gasteiger partial charge on any atom is 0.334 e. The molecule has 4 amide bonds. The Morgan fingerprint density at radius 2 is 1.85 bits per heavy atom. The van der Waals surface area contributed by atoms with E-state index in [0.29, 0.717) is 13.1 Å². The van der Waals surface area contributed by atoms with Crippen LogP contribution >= 0.6 is 0 Å². The number of benzene rings is 1. The first-order chi connectivity index (χ1) is 15.8. The second kappa shape index (κ2) is 11.1. The minimum Gasteiger partial charge on any atom is -0.481 e. The van der Waals surface area contributed by atoms with Crippen molar-refractivity contribution in [3.63, 3.8) is 0 Å². The van der Waals surface area contributed by atoms with E-state index in [1.807, 2.05) is 30.3 Å². The van der Waals surface area contributed by atoms with E-state index in [2.05, 4.69) is 12.2 Å². The van der Waals surface area contributed by atoms with E-state index in [1.165, 1.54) is 14.9 Å². The van der Waals surface area contributed by atoms with Gasteiger partial charge in [0.2, 0.25) is 11.8 Å². The number of aliphatic carboxylic acids is 1. The maximum atomic E-state index is 13.2. The van der Waals surface area contributed by atoms with Crippen LogP contribution in [-0.2, 0) is 20.9 Å². The third-order valence-corrected chi connectivity index (χ3v) is 6.08. The molecule has 0 radical (unpaired) electrons. The SMILES string of the molecule is CCCCCCN1C[C@H]2N(C(=O)CN(C)N2C(=O)NCc2ccccc2)[C@@H](CC(=O)O)C1=O. The molecule has 2 atom stereocenters. The Morgan fingerprint density at radius 3 is 2.52 bits per heavy atom. The highest BCUT2D eigenvalue weighted by Crippen LogP contribution is 2.27. The molecule has 0 saturated carbocycles. The van der Waals surface area contributed by atoms with E-state index in [4.69, 9.17) is 0 Å². The number of amides is 4. The molecule has 2 aliphatic rings. The molecule has 0 aliphatic carbocycles. The summed E-state index contributed by atoms with van der Waals surface area (Å²) in [6, 6.07) is 7.93.